The molecular formula is C24H20ClN3O2S2. The maximum Gasteiger partial charge on any atom is 0.234 e. The molecule has 1 aromatic heterocycles. The Morgan fingerprint density at radius 3 is 2.66 bits per heavy atom. The first kappa shape index (κ1) is 22.3. The van der Waals surface area contributed by atoms with Gasteiger partial charge in [-0.05, 0) is 36.1 Å². The van der Waals surface area contributed by atoms with Crippen LogP contribution < -0.4 is 10.6 Å². The lowest BCUT2D eigenvalue weighted by atomic mass is 10.1. The molecule has 0 spiro atoms. The molecule has 0 atom stereocenters. The monoisotopic (exact) mass is 481 g/mol. The van der Waals surface area contributed by atoms with Crippen LogP contribution in [0.3, 0.4) is 0 Å². The predicted octanol–water partition coefficient (Wildman–Crippen LogP) is 6.17. The second-order valence-corrected chi connectivity index (χ2v) is 9.67. The van der Waals surface area contributed by atoms with Crippen molar-refractivity contribution in [3.8, 4) is 0 Å². The van der Waals surface area contributed by atoms with E-state index in [1.54, 1.807) is 12.1 Å². The largest absolute Gasteiger partial charge is 0.325 e. The zero-order chi connectivity index (χ0) is 22.5. The number of hydrogen-bond donors (Lipinski definition) is 2. The second-order valence-electron chi connectivity index (χ2n) is 7.15. The van der Waals surface area contributed by atoms with Crippen LogP contribution in [-0.4, -0.2) is 22.6 Å². The van der Waals surface area contributed by atoms with Gasteiger partial charge in [0.25, 0.3) is 0 Å². The zero-order valence-corrected chi connectivity index (χ0v) is 19.6. The minimum atomic E-state index is -0.161. The molecule has 0 aliphatic heterocycles. The van der Waals surface area contributed by atoms with Crippen molar-refractivity contribution in [2.75, 3.05) is 16.4 Å². The fraction of sp³-hybridized carbons (Fsp3) is 0.125. The fourth-order valence-corrected chi connectivity index (χ4v) is 4.99. The minimum Gasteiger partial charge on any atom is -0.325 e. The Bertz CT molecular complexity index is 1280. The Morgan fingerprint density at radius 1 is 1.00 bits per heavy atom. The smallest absolute Gasteiger partial charge is 0.234 e. The van der Waals surface area contributed by atoms with Crippen LogP contribution in [0.15, 0.2) is 70.4 Å². The Kier molecular flexibility index (Phi) is 7.09. The number of rotatable bonds is 7. The molecule has 0 fully saturated rings. The number of hydrogen-bond acceptors (Lipinski definition) is 5. The van der Waals surface area contributed by atoms with Crippen molar-refractivity contribution in [3.05, 3.63) is 82.3 Å². The van der Waals surface area contributed by atoms with Crippen molar-refractivity contribution in [2.24, 2.45) is 0 Å². The Labute approximate surface area is 199 Å². The van der Waals surface area contributed by atoms with Crippen molar-refractivity contribution in [2.45, 2.75) is 17.7 Å². The van der Waals surface area contributed by atoms with E-state index in [1.165, 1.54) is 23.1 Å². The minimum absolute atomic E-state index is 0.0997. The number of thioether (sulfide) groups is 1. The molecule has 32 heavy (non-hydrogen) atoms. The number of thiazole rings is 1. The summed E-state index contributed by atoms with van der Waals surface area (Å²) in [7, 11) is 0. The Balaban J connectivity index is 1.30. The molecule has 5 nitrogen and oxygen atoms in total. The zero-order valence-electron chi connectivity index (χ0n) is 17.2. The van der Waals surface area contributed by atoms with Crippen LogP contribution in [0, 0.1) is 6.92 Å². The van der Waals surface area contributed by atoms with E-state index in [1.807, 2.05) is 60.8 Å². The third-order valence-corrected chi connectivity index (χ3v) is 7.04. The van der Waals surface area contributed by atoms with E-state index in [-0.39, 0.29) is 24.0 Å². The van der Waals surface area contributed by atoms with Crippen LogP contribution in [0.2, 0.25) is 5.02 Å². The normalized spacial score (nSPS) is 10.8. The summed E-state index contributed by atoms with van der Waals surface area (Å²) in [6.45, 7) is 1.91. The van der Waals surface area contributed by atoms with Crippen molar-refractivity contribution < 1.29 is 9.59 Å². The first-order valence-electron chi connectivity index (χ1n) is 9.89. The summed E-state index contributed by atoms with van der Waals surface area (Å²) >= 11 is 8.79. The summed E-state index contributed by atoms with van der Waals surface area (Å²) in [5, 5.41) is 10.3. The summed E-state index contributed by atoms with van der Waals surface area (Å²) in [6, 6.07) is 19.1. The van der Waals surface area contributed by atoms with Gasteiger partial charge in [0, 0.05) is 27.2 Å². The number of aromatic nitrogens is 1. The topological polar surface area (TPSA) is 71.1 Å². The fourth-order valence-electron chi connectivity index (χ4n) is 3.17. The van der Waals surface area contributed by atoms with Crippen molar-refractivity contribution in [1.29, 1.82) is 0 Å². The summed E-state index contributed by atoms with van der Waals surface area (Å²) in [5.74, 6) is -0.0208. The molecule has 3 aromatic carbocycles. The van der Waals surface area contributed by atoms with Gasteiger partial charge in [-0.2, -0.15) is 0 Å². The average Bonchev–Trinajstić information content (AvgIpc) is 3.22. The highest BCUT2D eigenvalue weighted by Gasteiger charge is 2.12. The van der Waals surface area contributed by atoms with Crippen LogP contribution >= 0.6 is 34.7 Å². The summed E-state index contributed by atoms with van der Waals surface area (Å²) in [4.78, 5) is 29.3. The molecule has 0 saturated carbocycles. The number of carbonyl (C=O) groups excluding carboxylic acids is 2. The number of nitrogens with one attached hydrogen (secondary N) is 2. The van der Waals surface area contributed by atoms with Gasteiger partial charge in [-0.1, -0.05) is 65.8 Å². The van der Waals surface area contributed by atoms with Crippen molar-refractivity contribution >= 4 is 68.7 Å². The summed E-state index contributed by atoms with van der Waals surface area (Å²) in [6.07, 6.45) is 0.158. The van der Waals surface area contributed by atoms with Crippen LogP contribution in [0.5, 0.6) is 0 Å². The van der Waals surface area contributed by atoms with E-state index in [4.69, 9.17) is 11.6 Å². The summed E-state index contributed by atoms with van der Waals surface area (Å²) in [5.41, 5.74) is 3.09. The first-order chi connectivity index (χ1) is 15.5. The highest BCUT2D eigenvalue weighted by molar-refractivity contribution is 8.01. The molecule has 0 aliphatic rings. The van der Waals surface area contributed by atoms with E-state index in [9.17, 15) is 9.59 Å². The van der Waals surface area contributed by atoms with Gasteiger partial charge in [0.05, 0.1) is 17.9 Å². The molecule has 0 radical (unpaired) electrons. The number of amides is 2. The van der Waals surface area contributed by atoms with E-state index >= 15 is 0 Å². The van der Waals surface area contributed by atoms with Crippen LogP contribution in [0.1, 0.15) is 11.3 Å². The third-order valence-electron chi connectivity index (χ3n) is 4.74. The van der Waals surface area contributed by atoms with E-state index in [2.05, 4.69) is 15.6 Å². The molecule has 8 heteroatoms. The maximum atomic E-state index is 12.4. The molecule has 0 unspecified atom stereocenters. The molecule has 0 saturated heterocycles. The van der Waals surface area contributed by atoms with Gasteiger partial charge in [0.2, 0.25) is 11.8 Å². The maximum absolute atomic E-state index is 12.4. The molecular weight excluding hydrogens is 462 g/mol. The number of carbonyl (C=O) groups is 2. The number of anilines is 2. The van der Waals surface area contributed by atoms with Gasteiger partial charge < -0.3 is 10.6 Å². The van der Waals surface area contributed by atoms with Gasteiger partial charge in [0.15, 0.2) is 4.34 Å². The van der Waals surface area contributed by atoms with Crippen molar-refractivity contribution in [3.63, 3.8) is 0 Å². The highest BCUT2D eigenvalue weighted by Crippen LogP contribution is 2.26. The lowest BCUT2D eigenvalue weighted by molar-refractivity contribution is -0.116. The lowest BCUT2D eigenvalue weighted by Crippen LogP contribution is -2.15. The van der Waals surface area contributed by atoms with Gasteiger partial charge in [-0.3, -0.25) is 9.59 Å². The standard InChI is InChI=1S/C24H20ClN3O2S2/c1-15-9-10-17(25)11-21(15)28-22(29)12-18-13-31-24(26-18)32-14-23(30)27-20-8-4-6-16-5-2-3-7-19(16)20/h2-11,13H,12,14H2,1H3,(H,27,30)(H,28,29). The molecule has 2 amide bonds. The molecule has 4 aromatic rings. The highest BCUT2D eigenvalue weighted by atomic mass is 35.5. The SMILES string of the molecule is Cc1ccc(Cl)cc1NC(=O)Cc1csc(SCC(=O)Nc2cccc3ccccc23)n1. The van der Waals surface area contributed by atoms with E-state index in [0.29, 0.717) is 16.4 Å². The summed E-state index contributed by atoms with van der Waals surface area (Å²) < 4.78 is 0.750. The number of halogens is 1. The first-order valence-corrected chi connectivity index (χ1v) is 12.1. The van der Waals surface area contributed by atoms with Crippen molar-refractivity contribution in [1.82, 2.24) is 4.98 Å². The van der Waals surface area contributed by atoms with E-state index < -0.39 is 0 Å². The van der Waals surface area contributed by atoms with Crippen LogP contribution in [0.4, 0.5) is 11.4 Å². The molecule has 0 bridgehead atoms. The molecule has 0 aliphatic carbocycles. The Morgan fingerprint density at radius 2 is 1.78 bits per heavy atom. The Hall–Kier alpha value is -2.87. The number of nitrogens with zero attached hydrogens (tertiary/aromatic N) is 1. The predicted molar refractivity (Wildman–Crippen MR) is 134 cm³/mol. The van der Waals surface area contributed by atoms with Gasteiger partial charge in [0.1, 0.15) is 0 Å². The number of fused-ring (bicyclic) bond motifs is 1. The molecule has 4 rings (SSSR count). The average molecular weight is 482 g/mol. The quantitative estimate of drug-likeness (QED) is 0.309. The van der Waals surface area contributed by atoms with Gasteiger partial charge >= 0.3 is 0 Å². The number of benzene rings is 3. The second kappa shape index (κ2) is 10.2. The molecule has 162 valence electrons. The molecule has 2 N–H and O–H groups in total. The van der Waals surface area contributed by atoms with Crippen LogP contribution in [0.25, 0.3) is 10.8 Å². The molecule has 1 heterocycles. The number of aryl methyl sites for hydroxylation is 1. The van der Waals surface area contributed by atoms with Gasteiger partial charge in [-0.25, -0.2) is 4.98 Å². The lowest BCUT2D eigenvalue weighted by Gasteiger charge is -2.08. The van der Waals surface area contributed by atoms with Crippen LogP contribution in [-0.2, 0) is 16.0 Å². The third kappa shape index (κ3) is 5.68. The van der Waals surface area contributed by atoms with Gasteiger partial charge in [-0.15, -0.1) is 11.3 Å². The van der Waals surface area contributed by atoms with E-state index in [0.717, 1.165) is 26.4 Å².